The lowest BCUT2D eigenvalue weighted by molar-refractivity contribution is 0.314. The number of oxime groups is 1. The first-order chi connectivity index (χ1) is 7.27. The number of rotatable bonds is 6. The summed E-state index contributed by atoms with van der Waals surface area (Å²) in [6.45, 7) is 3.36. The van der Waals surface area contributed by atoms with Gasteiger partial charge in [0.25, 0.3) is 0 Å². The molecule has 0 saturated heterocycles. The molecule has 0 spiro atoms. The zero-order valence-electron chi connectivity index (χ0n) is 8.67. The Hall–Kier alpha value is -1.63. The fraction of sp³-hybridized carbons (Fsp3) is 0.625. The van der Waals surface area contributed by atoms with Crippen LogP contribution in [0.3, 0.4) is 0 Å². The molecular formula is C8H16N6O. The molecule has 1 aromatic rings. The molecule has 0 fully saturated rings. The van der Waals surface area contributed by atoms with Crippen LogP contribution in [0.15, 0.2) is 17.5 Å². The van der Waals surface area contributed by atoms with Crippen LogP contribution in [0.2, 0.25) is 0 Å². The van der Waals surface area contributed by atoms with E-state index in [4.69, 9.17) is 10.9 Å². The predicted octanol–water partition coefficient (Wildman–Crippen LogP) is -0.607. The van der Waals surface area contributed by atoms with E-state index in [1.54, 1.807) is 17.1 Å². The average Bonchev–Trinajstić information content (AvgIpc) is 2.76. The summed E-state index contributed by atoms with van der Waals surface area (Å²) in [4.78, 5) is 0. The number of hydrogen-bond acceptors (Lipinski definition) is 5. The average molecular weight is 212 g/mol. The lowest BCUT2D eigenvalue weighted by Crippen LogP contribution is -2.42. The minimum atomic E-state index is -0.0986. The number of amidine groups is 1. The molecule has 0 aliphatic heterocycles. The third kappa shape index (κ3) is 3.55. The normalized spacial score (nSPS) is 14.1. The van der Waals surface area contributed by atoms with E-state index in [0.717, 1.165) is 6.42 Å². The van der Waals surface area contributed by atoms with Gasteiger partial charge in [0.15, 0.2) is 5.84 Å². The third-order valence-electron chi connectivity index (χ3n) is 2.08. The summed E-state index contributed by atoms with van der Waals surface area (Å²) in [6.07, 6.45) is 4.18. The van der Waals surface area contributed by atoms with Gasteiger partial charge in [-0.25, -0.2) is 0 Å². The van der Waals surface area contributed by atoms with Crippen LogP contribution in [0.4, 0.5) is 0 Å². The molecule has 1 rings (SSSR count). The number of nitrogens with two attached hydrogens (primary N) is 1. The monoisotopic (exact) mass is 212 g/mol. The first kappa shape index (κ1) is 11.4. The Morgan fingerprint density at radius 3 is 3.07 bits per heavy atom. The Morgan fingerprint density at radius 2 is 2.53 bits per heavy atom. The summed E-state index contributed by atoms with van der Waals surface area (Å²) >= 11 is 0. The molecule has 0 aliphatic rings. The van der Waals surface area contributed by atoms with Gasteiger partial charge in [0.2, 0.25) is 0 Å². The van der Waals surface area contributed by atoms with Crippen LogP contribution in [0.5, 0.6) is 0 Å². The minimum absolute atomic E-state index is 0.0986. The van der Waals surface area contributed by atoms with Crippen molar-refractivity contribution in [1.82, 2.24) is 20.3 Å². The summed E-state index contributed by atoms with van der Waals surface area (Å²) < 4.78 is 1.71. The van der Waals surface area contributed by atoms with Crippen LogP contribution < -0.4 is 11.1 Å². The van der Waals surface area contributed by atoms with Crippen LogP contribution in [0.1, 0.15) is 13.3 Å². The summed E-state index contributed by atoms with van der Waals surface area (Å²) in [5.41, 5.74) is 5.49. The molecule has 1 aromatic heterocycles. The molecule has 4 N–H and O–H groups in total. The Kier molecular flexibility index (Phi) is 4.55. The van der Waals surface area contributed by atoms with E-state index in [-0.39, 0.29) is 11.9 Å². The molecule has 0 aromatic carbocycles. The zero-order chi connectivity index (χ0) is 11.1. The summed E-state index contributed by atoms with van der Waals surface area (Å²) in [6, 6.07) is -0.0986. The maximum atomic E-state index is 8.52. The van der Waals surface area contributed by atoms with Crippen molar-refractivity contribution >= 4 is 5.84 Å². The molecule has 7 heteroatoms. The van der Waals surface area contributed by atoms with Crippen molar-refractivity contribution in [3.05, 3.63) is 12.4 Å². The highest BCUT2D eigenvalue weighted by molar-refractivity contribution is 5.85. The van der Waals surface area contributed by atoms with Crippen LogP contribution in [-0.4, -0.2) is 38.6 Å². The fourth-order valence-corrected chi connectivity index (χ4v) is 1.23. The van der Waals surface area contributed by atoms with E-state index in [1.165, 1.54) is 0 Å². The standard InChI is InChI=1S/C8H16N6O/c1-2-7(8(9)12-15)10-3-5-14-6-4-11-13-14/h4,6-7,10,15H,2-3,5H2,1H3,(H2,9,12). The van der Waals surface area contributed by atoms with Gasteiger partial charge in [-0.15, -0.1) is 5.10 Å². The van der Waals surface area contributed by atoms with Gasteiger partial charge >= 0.3 is 0 Å². The highest BCUT2D eigenvalue weighted by Gasteiger charge is 2.09. The number of hydrogen-bond donors (Lipinski definition) is 3. The molecule has 1 heterocycles. The van der Waals surface area contributed by atoms with E-state index >= 15 is 0 Å². The summed E-state index contributed by atoms with van der Waals surface area (Å²) in [7, 11) is 0. The second kappa shape index (κ2) is 5.97. The highest BCUT2D eigenvalue weighted by Crippen LogP contribution is 1.91. The van der Waals surface area contributed by atoms with E-state index in [0.29, 0.717) is 13.1 Å². The van der Waals surface area contributed by atoms with Crippen LogP contribution in [0, 0.1) is 0 Å². The van der Waals surface area contributed by atoms with Gasteiger partial charge in [-0.3, -0.25) is 4.68 Å². The Bertz CT molecular complexity index is 296. The smallest absolute Gasteiger partial charge is 0.156 e. The van der Waals surface area contributed by atoms with Crippen molar-refractivity contribution in [1.29, 1.82) is 0 Å². The minimum Gasteiger partial charge on any atom is -0.409 e. The topological polar surface area (TPSA) is 101 Å². The zero-order valence-corrected chi connectivity index (χ0v) is 8.67. The SMILES string of the molecule is CCC(NCCn1ccnn1)/C(N)=N/O. The molecule has 84 valence electrons. The highest BCUT2D eigenvalue weighted by atomic mass is 16.4. The molecule has 15 heavy (non-hydrogen) atoms. The molecule has 0 bridgehead atoms. The van der Waals surface area contributed by atoms with Gasteiger partial charge in [0.05, 0.1) is 18.8 Å². The van der Waals surface area contributed by atoms with Gasteiger partial charge in [0, 0.05) is 12.7 Å². The predicted molar refractivity (Wildman–Crippen MR) is 55.5 cm³/mol. The molecule has 1 unspecified atom stereocenters. The molecule has 0 saturated carbocycles. The van der Waals surface area contributed by atoms with E-state index < -0.39 is 0 Å². The van der Waals surface area contributed by atoms with Crippen LogP contribution >= 0.6 is 0 Å². The van der Waals surface area contributed by atoms with Crippen LogP contribution in [0.25, 0.3) is 0 Å². The summed E-state index contributed by atoms with van der Waals surface area (Å²) in [5, 5.41) is 22.1. The van der Waals surface area contributed by atoms with Gasteiger partial charge in [0.1, 0.15) is 0 Å². The maximum Gasteiger partial charge on any atom is 0.156 e. The molecule has 0 aliphatic carbocycles. The van der Waals surface area contributed by atoms with Gasteiger partial charge in [-0.05, 0) is 6.42 Å². The van der Waals surface area contributed by atoms with Crippen molar-refractivity contribution in [2.75, 3.05) is 6.54 Å². The van der Waals surface area contributed by atoms with Gasteiger partial charge < -0.3 is 16.3 Å². The molecule has 1 atom stereocenters. The van der Waals surface area contributed by atoms with Crippen LogP contribution in [-0.2, 0) is 6.54 Å². The Labute approximate surface area is 87.9 Å². The number of nitrogens with zero attached hydrogens (tertiary/aromatic N) is 4. The summed E-state index contributed by atoms with van der Waals surface area (Å²) in [5.74, 6) is 0.205. The molecular weight excluding hydrogens is 196 g/mol. The van der Waals surface area contributed by atoms with Crippen molar-refractivity contribution in [2.45, 2.75) is 25.9 Å². The second-order valence-corrected chi connectivity index (χ2v) is 3.11. The van der Waals surface area contributed by atoms with Crippen molar-refractivity contribution in [3.8, 4) is 0 Å². The molecule has 0 radical (unpaired) electrons. The second-order valence-electron chi connectivity index (χ2n) is 3.11. The Morgan fingerprint density at radius 1 is 1.73 bits per heavy atom. The molecule has 7 nitrogen and oxygen atoms in total. The van der Waals surface area contributed by atoms with E-state index in [9.17, 15) is 0 Å². The Balaban J connectivity index is 2.29. The van der Waals surface area contributed by atoms with Crippen molar-refractivity contribution in [3.63, 3.8) is 0 Å². The fourth-order valence-electron chi connectivity index (χ4n) is 1.23. The van der Waals surface area contributed by atoms with Gasteiger partial charge in [-0.1, -0.05) is 17.3 Å². The van der Waals surface area contributed by atoms with Crippen molar-refractivity contribution < 1.29 is 5.21 Å². The molecule has 0 amide bonds. The lowest BCUT2D eigenvalue weighted by atomic mass is 10.2. The van der Waals surface area contributed by atoms with E-state index in [2.05, 4.69) is 20.8 Å². The lowest BCUT2D eigenvalue weighted by Gasteiger charge is -2.14. The van der Waals surface area contributed by atoms with E-state index in [1.807, 2.05) is 6.92 Å². The first-order valence-electron chi connectivity index (χ1n) is 4.82. The largest absolute Gasteiger partial charge is 0.409 e. The maximum absolute atomic E-state index is 8.52. The number of nitrogens with one attached hydrogen (secondary N) is 1. The van der Waals surface area contributed by atoms with Crippen molar-refractivity contribution in [2.24, 2.45) is 10.9 Å². The number of aromatic nitrogens is 3. The van der Waals surface area contributed by atoms with Gasteiger partial charge in [-0.2, -0.15) is 0 Å². The third-order valence-corrected chi connectivity index (χ3v) is 2.08. The first-order valence-corrected chi connectivity index (χ1v) is 4.82. The quantitative estimate of drug-likeness (QED) is 0.253.